The van der Waals surface area contributed by atoms with Gasteiger partial charge in [-0.2, -0.15) is 0 Å². The lowest BCUT2D eigenvalue weighted by molar-refractivity contribution is 0.0931. The summed E-state index contributed by atoms with van der Waals surface area (Å²) in [6.45, 7) is 2.05. The summed E-state index contributed by atoms with van der Waals surface area (Å²) < 4.78 is 20.6. The number of hydrogen-bond donors (Lipinski definition) is 3. The number of carbonyl (C=O) groups excluding carboxylic acids is 1. The summed E-state index contributed by atoms with van der Waals surface area (Å²) in [6, 6.07) is 18.6. The van der Waals surface area contributed by atoms with E-state index in [1.54, 1.807) is 36.4 Å². The van der Waals surface area contributed by atoms with Crippen LogP contribution < -0.4 is 15.8 Å². The summed E-state index contributed by atoms with van der Waals surface area (Å²) in [5, 5.41) is 11.8. The van der Waals surface area contributed by atoms with Crippen LogP contribution >= 0.6 is 0 Å². The maximum absolute atomic E-state index is 14.5. The van der Waals surface area contributed by atoms with Crippen molar-refractivity contribution in [1.29, 1.82) is 5.41 Å². The third-order valence-electron chi connectivity index (χ3n) is 7.32. The summed E-state index contributed by atoms with van der Waals surface area (Å²) >= 11 is 0. The number of rotatable bonds is 8. The molecule has 6 nitrogen and oxygen atoms in total. The lowest BCUT2D eigenvalue weighted by atomic mass is 9.97. The highest BCUT2D eigenvalue weighted by Gasteiger charge is 2.35. The van der Waals surface area contributed by atoms with Gasteiger partial charge in [0.15, 0.2) is 0 Å². The van der Waals surface area contributed by atoms with Crippen molar-refractivity contribution in [3.8, 4) is 5.75 Å². The minimum Gasteiger partial charge on any atom is -0.490 e. The van der Waals surface area contributed by atoms with Crippen LogP contribution in [0.15, 0.2) is 66.7 Å². The molecule has 0 spiro atoms. The second-order valence-corrected chi connectivity index (χ2v) is 10.1. The predicted molar refractivity (Wildman–Crippen MR) is 144 cm³/mol. The van der Waals surface area contributed by atoms with Crippen molar-refractivity contribution in [2.45, 2.75) is 37.8 Å². The van der Waals surface area contributed by atoms with Gasteiger partial charge in [0.2, 0.25) is 0 Å². The SMILES string of the molecule is CN1CCC(Oc2ccc(C(=N)c3cc(C(=O)NC(c4ccccc4F)C4CC4)ccc3N)cc2)CC1. The van der Waals surface area contributed by atoms with Gasteiger partial charge in [-0.25, -0.2) is 4.39 Å². The van der Waals surface area contributed by atoms with Crippen LogP contribution in [0.2, 0.25) is 0 Å². The van der Waals surface area contributed by atoms with Crippen molar-refractivity contribution in [2.75, 3.05) is 25.9 Å². The molecule has 1 atom stereocenters. The third kappa shape index (κ3) is 5.83. The topological polar surface area (TPSA) is 91.4 Å². The maximum atomic E-state index is 14.5. The Morgan fingerprint density at radius 1 is 1.03 bits per heavy atom. The van der Waals surface area contributed by atoms with Crippen LogP contribution in [0, 0.1) is 17.1 Å². The van der Waals surface area contributed by atoms with Crippen LogP contribution in [-0.4, -0.2) is 42.8 Å². The number of nitrogen functional groups attached to an aromatic ring is 1. The molecule has 1 amide bonds. The second-order valence-electron chi connectivity index (χ2n) is 10.1. The van der Waals surface area contributed by atoms with Crippen molar-refractivity contribution >= 4 is 17.3 Å². The van der Waals surface area contributed by atoms with E-state index in [1.165, 1.54) is 6.07 Å². The normalized spacial score (nSPS) is 17.2. The molecule has 1 unspecified atom stereocenters. The van der Waals surface area contributed by atoms with Gasteiger partial charge in [0, 0.05) is 41.0 Å². The zero-order chi connectivity index (χ0) is 25.9. The van der Waals surface area contributed by atoms with E-state index in [9.17, 15) is 9.18 Å². The second kappa shape index (κ2) is 10.7. The van der Waals surface area contributed by atoms with Crippen molar-refractivity contribution < 1.29 is 13.9 Å². The molecule has 1 saturated heterocycles. The molecule has 192 valence electrons. The van der Waals surface area contributed by atoms with Gasteiger partial charge in [0.1, 0.15) is 17.7 Å². The van der Waals surface area contributed by atoms with E-state index in [0.717, 1.165) is 44.5 Å². The molecule has 1 aliphatic heterocycles. The fraction of sp³-hybridized carbons (Fsp3) is 0.333. The van der Waals surface area contributed by atoms with Gasteiger partial charge in [0.25, 0.3) is 5.91 Å². The molecule has 1 aliphatic carbocycles. The molecule has 1 heterocycles. The Balaban J connectivity index is 1.29. The zero-order valence-corrected chi connectivity index (χ0v) is 21.0. The Kier molecular flexibility index (Phi) is 7.24. The molecule has 4 N–H and O–H groups in total. The predicted octanol–water partition coefficient (Wildman–Crippen LogP) is 5.18. The highest BCUT2D eigenvalue weighted by atomic mass is 19.1. The molecule has 37 heavy (non-hydrogen) atoms. The third-order valence-corrected chi connectivity index (χ3v) is 7.32. The maximum Gasteiger partial charge on any atom is 0.251 e. The number of anilines is 1. The fourth-order valence-corrected chi connectivity index (χ4v) is 4.90. The number of carbonyl (C=O) groups is 1. The Morgan fingerprint density at radius 3 is 2.38 bits per heavy atom. The highest BCUT2D eigenvalue weighted by Crippen LogP contribution is 2.41. The number of ether oxygens (including phenoxy) is 1. The van der Waals surface area contributed by atoms with Gasteiger partial charge in [0.05, 0.1) is 11.8 Å². The molecule has 2 aliphatic rings. The monoisotopic (exact) mass is 500 g/mol. The van der Waals surface area contributed by atoms with Gasteiger partial charge >= 0.3 is 0 Å². The first kappa shape index (κ1) is 25.0. The van der Waals surface area contributed by atoms with E-state index in [0.29, 0.717) is 27.9 Å². The number of hydrogen-bond acceptors (Lipinski definition) is 5. The first-order valence-corrected chi connectivity index (χ1v) is 12.9. The number of nitrogens with two attached hydrogens (primary N) is 1. The Morgan fingerprint density at radius 2 is 1.70 bits per heavy atom. The van der Waals surface area contributed by atoms with Crippen LogP contribution in [0.4, 0.5) is 10.1 Å². The van der Waals surface area contributed by atoms with Crippen molar-refractivity contribution in [3.63, 3.8) is 0 Å². The lowest BCUT2D eigenvalue weighted by Gasteiger charge is -2.29. The fourth-order valence-electron chi connectivity index (χ4n) is 4.90. The van der Waals surface area contributed by atoms with Crippen LogP contribution in [0.1, 0.15) is 58.8 Å². The highest BCUT2D eigenvalue weighted by molar-refractivity contribution is 6.14. The molecule has 0 bridgehead atoms. The number of nitrogens with zero attached hydrogens (tertiary/aromatic N) is 1. The molecule has 2 fully saturated rings. The molecule has 1 saturated carbocycles. The minimum absolute atomic E-state index is 0.205. The summed E-state index contributed by atoms with van der Waals surface area (Å²) in [5.74, 6) is 0.382. The molecule has 3 aromatic rings. The first-order chi connectivity index (χ1) is 17.9. The van der Waals surface area contributed by atoms with Crippen LogP contribution in [0.3, 0.4) is 0 Å². The summed E-state index contributed by atoms with van der Waals surface area (Å²) in [6.07, 6.45) is 4.11. The Hall–Kier alpha value is -3.71. The average molecular weight is 501 g/mol. The number of likely N-dealkylation sites (tertiary alicyclic amines) is 1. The summed E-state index contributed by atoms with van der Waals surface area (Å²) in [7, 11) is 2.12. The van der Waals surface area contributed by atoms with Crippen LogP contribution in [-0.2, 0) is 0 Å². The van der Waals surface area contributed by atoms with Crippen molar-refractivity contribution in [3.05, 3.63) is 94.8 Å². The van der Waals surface area contributed by atoms with E-state index < -0.39 is 0 Å². The number of piperidine rings is 1. The number of benzene rings is 3. The molecule has 0 radical (unpaired) electrons. The molecular weight excluding hydrogens is 467 g/mol. The largest absolute Gasteiger partial charge is 0.490 e. The Labute approximate surface area is 217 Å². The standard InChI is InChI=1S/C30H33FN4O2/c1-35-16-14-23(15-17-35)37-22-11-8-19(9-12-22)28(33)25-18-21(10-13-27(25)32)30(36)34-29(20-6-7-20)24-4-2-3-5-26(24)31/h2-5,8-13,18,20,23,29,33H,6-7,14-17,32H2,1H3,(H,34,36). The molecule has 3 aromatic carbocycles. The Bertz CT molecular complexity index is 1280. The quantitative estimate of drug-likeness (QED) is 0.294. The molecular formula is C30H33FN4O2. The van der Waals surface area contributed by atoms with Gasteiger partial charge in [-0.15, -0.1) is 0 Å². The zero-order valence-electron chi connectivity index (χ0n) is 21.0. The van der Waals surface area contributed by atoms with E-state index >= 15 is 0 Å². The summed E-state index contributed by atoms with van der Waals surface area (Å²) in [4.78, 5) is 15.5. The summed E-state index contributed by atoms with van der Waals surface area (Å²) in [5.41, 5.74) is 8.91. The first-order valence-electron chi connectivity index (χ1n) is 12.9. The van der Waals surface area contributed by atoms with Crippen LogP contribution in [0.25, 0.3) is 0 Å². The van der Waals surface area contributed by atoms with E-state index in [2.05, 4.69) is 17.3 Å². The number of halogens is 1. The molecule has 5 rings (SSSR count). The van der Waals surface area contributed by atoms with Gasteiger partial charge in [-0.3, -0.25) is 10.2 Å². The van der Waals surface area contributed by atoms with Gasteiger partial charge < -0.3 is 20.7 Å². The number of nitrogens with one attached hydrogen (secondary N) is 2. The van der Waals surface area contributed by atoms with Crippen molar-refractivity contribution in [1.82, 2.24) is 10.2 Å². The average Bonchev–Trinajstić information content (AvgIpc) is 3.75. The smallest absolute Gasteiger partial charge is 0.251 e. The van der Waals surface area contributed by atoms with Gasteiger partial charge in [-0.05, 0) is 87.2 Å². The van der Waals surface area contributed by atoms with Crippen molar-refractivity contribution in [2.24, 2.45) is 5.92 Å². The van der Waals surface area contributed by atoms with Crippen LogP contribution in [0.5, 0.6) is 5.75 Å². The minimum atomic E-state index is -0.383. The van der Waals surface area contributed by atoms with E-state index in [-0.39, 0.29) is 35.5 Å². The van der Waals surface area contributed by atoms with E-state index in [1.807, 2.05) is 24.3 Å². The number of amides is 1. The van der Waals surface area contributed by atoms with E-state index in [4.69, 9.17) is 15.9 Å². The lowest BCUT2D eigenvalue weighted by Crippen LogP contribution is -2.35. The molecule has 0 aromatic heterocycles. The molecule has 7 heteroatoms. The van der Waals surface area contributed by atoms with Gasteiger partial charge in [-0.1, -0.05) is 18.2 Å².